The van der Waals surface area contributed by atoms with E-state index in [1.807, 2.05) is 60.7 Å². The number of carbonyl (C=O) groups is 3. The minimum absolute atomic E-state index is 0.220. The number of nitrogens with one attached hydrogen (secondary N) is 2. The van der Waals surface area contributed by atoms with Crippen molar-refractivity contribution in [1.29, 1.82) is 0 Å². The molecule has 198 valence electrons. The van der Waals surface area contributed by atoms with E-state index in [1.165, 1.54) is 17.6 Å². The van der Waals surface area contributed by atoms with Gasteiger partial charge in [0.15, 0.2) is 0 Å². The first kappa shape index (κ1) is 26.1. The van der Waals surface area contributed by atoms with Crippen molar-refractivity contribution in [3.63, 3.8) is 0 Å². The molecular weight excluding hydrogens is 514 g/mol. The van der Waals surface area contributed by atoms with Crippen LogP contribution in [-0.2, 0) is 27.2 Å². The molecule has 5 rings (SSSR count). The van der Waals surface area contributed by atoms with Crippen LogP contribution in [0.5, 0.6) is 0 Å². The van der Waals surface area contributed by atoms with Crippen molar-refractivity contribution in [2.45, 2.75) is 32.6 Å². The van der Waals surface area contributed by atoms with Crippen LogP contribution in [0, 0.1) is 0 Å². The van der Waals surface area contributed by atoms with Crippen LogP contribution in [0.3, 0.4) is 0 Å². The molecule has 4 aromatic rings. The van der Waals surface area contributed by atoms with Gasteiger partial charge in [-0.2, -0.15) is 10.2 Å². The summed E-state index contributed by atoms with van der Waals surface area (Å²) in [5.41, 5.74) is 6.61. The summed E-state index contributed by atoms with van der Waals surface area (Å²) in [5, 5.41) is 11.7. The van der Waals surface area contributed by atoms with Gasteiger partial charge in [-0.25, -0.2) is 14.9 Å². The summed E-state index contributed by atoms with van der Waals surface area (Å²) in [7, 11) is 0. The smallest absolute Gasteiger partial charge is 0.341 e. The molecule has 0 bridgehead atoms. The number of benzene rings is 2. The Labute approximate surface area is 229 Å². The number of fused-ring (bicyclic) bond motifs is 1. The van der Waals surface area contributed by atoms with Crippen LogP contribution >= 0.6 is 11.3 Å². The van der Waals surface area contributed by atoms with Crippen LogP contribution < -0.4 is 10.7 Å². The SMILES string of the molecule is CCOC(=O)c1c(NC(=O)C(=O)NN=Cc2cn(-c3ccccc3)nc2-c2ccccc2)sc2c1CCCC2. The fourth-order valence-electron chi connectivity index (χ4n) is 4.46. The molecule has 0 fully saturated rings. The van der Waals surface area contributed by atoms with Gasteiger partial charge in [0.2, 0.25) is 0 Å². The summed E-state index contributed by atoms with van der Waals surface area (Å²) >= 11 is 1.32. The average molecular weight is 542 g/mol. The maximum Gasteiger partial charge on any atom is 0.341 e. The molecule has 0 radical (unpaired) electrons. The molecule has 2 heterocycles. The maximum absolute atomic E-state index is 12.7. The number of esters is 1. The van der Waals surface area contributed by atoms with E-state index in [2.05, 4.69) is 15.8 Å². The summed E-state index contributed by atoms with van der Waals surface area (Å²) in [6.07, 6.45) is 6.81. The van der Waals surface area contributed by atoms with Crippen LogP contribution in [0.1, 0.15) is 46.1 Å². The molecule has 0 unspecified atom stereocenters. The molecule has 1 aliphatic carbocycles. The van der Waals surface area contributed by atoms with Crippen molar-refractivity contribution in [1.82, 2.24) is 15.2 Å². The largest absolute Gasteiger partial charge is 0.462 e. The van der Waals surface area contributed by atoms with Gasteiger partial charge in [0, 0.05) is 22.2 Å². The van der Waals surface area contributed by atoms with E-state index in [1.54, 1.807) is 17.8 Å². The molecule has 9 nitrogen and oxygen atoms in total. The number of thiophene rings is 1. The van der Waals surface area contributed by atoms with E-state index in [-0.39, 0.29) is 6.61 Å². The number of aryl methyl sites for hydroxylation is 1. The second kappa shape index (κ2) is 11.9. The monoisotopic (exact) mass is 541 g/mol. The Kier molecular flexibility index (Phi) is 7.93. The minimum Gasteiger partial charge on any atom is -0.462 e. The molecule has 10 heteroatoms. The predicted octanol–water partition coefficient (Wildman–Crippen LogP) is 4.75. The predicted molar refractivity (Wildman–Crippen MR) is 150 cm³/mol. The Balaban J connectivity index is 1.33. The number of amides is 2. The zero-order valence-electron chi connectivity index (χ0n) is 21.3. The van der Waals surface area contributed by atoms with Crippen LogP contribution in [0.2, 0.25) is 0 Å². The molecule has 0 spiro atoms. The number of hydrogen-bond donors (Lipinski definition) is 2. The number of rotatable bonds is 7. The second-order valence-corrected chi connectivity index (χ2v) is 9.97. The van der Waals surface area contributed by atoms with Crippen molar-refractivity contribution in [2.75, 3.05) is 11.9 Å². The molecule has 2 aromatic carbocycles. The minimum atomic E-state index is -0.954. The summed E-state index contributed by atoms with van der Waals surface area (Å²) < 4.78 is 6.94. The quantitative estimate of drug-likeness (QED) is 0.152. The summed E-state index contributed by atoms with van der Waals surface area (Å²) in [5.74, 6) is -2.36. The summed E-state index contributed by atoms with van der Waals surface area (Å²) in [6, 6.07) is 19.2. The number of carbonyl (C=O) groups excluding carboxylic acids is 3. The number of anilines is 1. The van der Waals surface area contributed by atoms with Crippen LogP contribution in [0.15, 0.2) is 72.0 Å². The van der Waals surface area contributed by atoms with Crippen LogP contribution in [0.4, 0.5) is 5.00 Å². The summed E-state index contributed by atoms with van der Waals surface area (Å²) in [6.45, 7) is 1.95. The molecule has 0 aliphatic heterocycles. The topological polar surface area (TPSA) is 115 Å². The fraction of sp³-hybridized carbons (Fsp3) is 0.207. The first-order valence-corrected chi connectivity index (χ1v) is 13.5. The van der Waals surface area contributed by atoms with Gasteiger partial charge < -0.3 is 10.1 Å². The van der Waals surface area contributed by atoms with Gasteiger partial charge in [-0.1, -0.05) is 48.5 Å². The molecule has 1 aliphatic rings. The normalized spacial score (nSPS) is 12.6. The van der Waals surface area contributed by atoms with Crippen molar-refractivity contribution < 1.29 is 19.1 Å². The number of nitrogens with zero attached hydrogens (tertiary/aromatic N) is 3. The fourth-order valence-corrected chi connectivity index (χ4v) is 5.73. The highest BCUT2D eigenvalue weighted by Crippen LogP contribution is 2.38. The maximum atomic E-state index is 12.7. The molecule has 2 amide bonds. The first-order chi connectivity index (χ1) is 19.0. The van der Waals surface area contributed by atoms with Gasteiger partial charge in [0.05, 0.1) is 24.1 Å². The molecule has 0 atom stereocenters. The van der Waals surface area contributed by atoms with E-state index in [0.717, 1.165) is 47.4 Å². The van der Waals surface area contributed by atoms with E-state index < -0.39 is 17.8 Å². The molecule has 0 saturated carbocycles. The average Bonchev–Trinajstić information content (AvgIpc) is 3.55. The van der Waals surface area contributed by atoms with Gasteiger partial charge in [-0.3, -0.25) is 9.59 Å². The Bertz CT molecular complexity index is 1530. The van der Waals surface area contributed by atoms with Crippen LogP contribution in [-0.4, -0.2) is 40.4 Å². The highest BCUT2D eigenvalue weighted by Gasteiger charge is 2.28. The molecule has 39 heavy (non-hydrogen) atoms. The van der Waals surface area contributed by atoms with Gasteiger partial charge in [-0.05, 0) is 50.3 Å². The van der Waals surface area contributed by atoms with Crippen molar-refractivity contribution in [3.8, 4) is 16.9 Å². The summed E-state index contributed by atoms with van der Waals surface area (Å²) in [4.78, 5) is 39.0. The molecular formula is C29H27N5O4S. The standard InChI is InChI=1S/C29H27N5O4S/c1-2-38-29(37)24-22-15-9-10-16-23(22)39-28(24)31-26(35)27(36)32-30-17-20-18-34(21-13-7-4-8-14-21)33-25(20)19-11-5-3-6-12-19/h3-8,11-14,17-18H,2,9-10,15-16H2,1H3,(H,31,35)(H,32,36). The van der Waals surface area contributed by atoms with E-state index in [4.69, 9.17) is 9.84 Å². The number of hydrogen-bond acceptors (Lipinski definition) is 7. The van der Waals surface area contributed by atoms with E-state index >= 15 is 0 Å². The Morgan fingerprint density at radius 2 is 1.74 bits per heavy atom. The number of hydrazone groups is 1. The molecule has 2 N–H and O–H groups in total. The number of ether oxygens (including phenoxy) is 1. The third kappa shape index (κ3) is 5.80. The Morgan fingerprint density at radius 3 is 2.49 bits per heavy atom. The highest BCUT2D eigenvalue weighted by atomic mass is 32.1. The van der Waals surface area contributed by atoms with Crippen LogP contribution in [0.25, 0.3) is 16.9 Å². The second-order valence-electron chi connectivity index (χ2n) is 8.87. The lowest BCUT2D eigenvalue weighted by Gasteiger charge is -2.12. The number of para-hydroxylation sites is 1. The molecule has 0 saturated heterocycles. The first-order valence-electron chi connectivity index (χ1n) is 12.7. The van der Waals surface area contributed by atoms with Crippen molar-refractivity contribution in [3.05, 3.63) is 88.4 Å². The lowest BCUT2D eigenvalue weighted by Crippen LogP contribution is -2.32. The van der Waals surface area contributed by atoms with Gasteiger partial charge in [0.1, 0.15) is 10.7 Å². The zero-order valence-corrected chi connectivity index (χ0v) is 22.2. The van der Waals surface area contributed by atoms with Gasteiger partial charge in [-0.15, -0.1) is 11.3 Å². The van der Waals surface area contributed by atoms with Gasteiger partial charge in [0.25, 0.3) is 0 Å². The zero-order chi connectivity index (χ0) is 27.2. The van der Waals surface area contributed by atoms with E-state index in [9.17, 15) is 14.4 Å². The van der Waals surface area contributed by atoms with E-state index in [0.29, 0.717) is 21.8 Å². The highest BCUT2D eigenvalue weighted by molar-refractivity contribution is 7.17. The van der Waals surface area contributed by atoms with Crippen molar-refractivity contribution >= 4 is 40.3 Å². The molecule has 2 aromatic heterocycles. The van der Waals surface area contributed by atoms with Crippen molar-refractivity contribution in [2.24, 2.45) is 5.10 Å². The Morgan fingerprint density at radius 1 is 1.03 bits per heavy atom. The number of aromatic nitrogens is 2. The lowest BCUT2D eigenvalue weighted by atomic mass is 9.95. The third-order valence-electron chi connectivity index (χ3n) is 6.26. The Hall–Kier alpha value is -4.57. The van der Waals surface area contributed by atoms with Gasteiger partial charge >= 0.3 is 17.8 Å². The lowest BCUT2D eigenvalue weighted by molar-refractivity contribution is -0.136. The third-order valence-corrected chi connectivity index (χ3v) is 7.47.